The molecule has 1 fully saturated rings. The van der Waals surface area contributed by atoms with E-state index >= 15 is 0 Å². The van der Waals surface area contributed by atoms with Crippen LogP contribution in [0.1, 0.15) is 43.8 Å². The number of nitrogens with zero attached hydrogens (tertiary/aromatic N) is 3. The third-order valence-electron chi connectivity index (χ3n) is 3.99. The number of hydrogen-bond acceptors (Lipinski definition) is 4. The summed E-state index contributed by atoms with van der Waals surface area (Å²) in [4.78, 5) is 11.8. The van der Waals surface area contributed by atoms with Crippen molar-refractivity contribution in [2.24, 2.45) is 0 Å². The fourth-order valence-electron chi connectivity index (χ4n) is 3.31. The standard InChI is InChI=1S/C15H23N3O/c1-10-8-18(9-11(2)19-10)15-13-6-4-5-7-14(13)16-12(3)17-15/h10-11H,4-9H2,1-3H3/t10-,11+. The molecule has 3 rings (SSSR count). The van der Waals surface area contributed by atoms with Gasteiger partial charge >= 0.3 is 0 Å². The number of aryl methyl sites for hydroxylation is 2. The second-order valence-electron chi connectivity index (χ2n) is 5.89. The fraction of sp³-hybridized carbons (Fsp3) is 0.733. The molecule has 0 aromatic carbocycles. The topological polar surface area (TPSA) is 38.2 Å². The van der Waals surface area contributed by atoms with Crippen molar-refractivity contribution in [1.29, 1.82) is 0 Å². The van der Waals surface area contributed by atoms with E-state index in [1.165, 1.54) is 29.9 Å². The lowest BCUT2D eigenvalue weighted by molar-refractivity contribution is -0.00554. The quantitative estimate of drug-likeness (QED) is 0.777. The van der Waals surface area contributed by atoms with Gasteiger partial charge in [0.05, 0.1) is 12.2 Å². The zero-order chi connectivity index (χ0) is 13.4. The molecule has 1 aromatic rings. The van der Waals surface area contributed by atoms with Crippen molar-refractivity contribution in [2.45, 2.75) is 58.7 Å². The van der Waals surface area contributed by atoms with E-state index in [9.17, 15) is 0 Å². The van der Waals surface area contributed by atoms with Gasteiger partial charge in [-0.25, -0.2) is 9.97 Å². The molecule has 1 aromatic heterocycles. The van der Waals surface area contributed by atoms with Crippen molar-refractivity contribution in [3.05, 3.63) is 17.1 Å². The van der Waals surface area contributed by atoms with Gasteiger partial charge in [-0.3, -0.25) is 0 Å². The monoisotopic (exact) mass is 261 g/mol. The van der Waals surface area contributed by atoms with E-state index in [1.807, 2.05) is 6.92 Å². The molecule has 1 aliphatic carbocycles. The van der Waals surface area contributed by atoms with Gasteiger partial charge in [0, 0.05) is 24.3 Å². The molecule has 2 heterocycles. The average molecular weight is 261 g/mol. The third-order valence-corrected chi connectivity index (χ3v) is 3.99. The molecule has 0 saturated carbocycles. The van der Waals surface area contributed by atoms with Crippen LogP contribution in [0.4, 0.5) is 5.82 Å². The first-order valence-electron chi connectivity index (χ1n) is 7.40. The lowest BCUT2D eigenvalue weighted by Gasteiger charge is -2.37. The molecule has 0 spiro atoms. The van der Waals surface area contributed by atoms with Crippen molar-refractivity contribution >= 4 is 5.82 Å². The molecule has 4 heteroatoms. The second kappa shape index (κ2) is 5.08. The van der Waals surface area contributed by atoms with E-state index in [2.05, 4.69) is 23.7 Å². The second-order valence-corrected chi connectivity index (χ2v) is 5.89. The molecule has 0 radical (unpaired) electrons. The van der Waals surface area contributed by atoms with Crippen LogP contribution in [0, 0.1) is 6.92 Å². The Balaban J connectivity index is 1.97. The number of ether oxygens (including phenoxy) is 1. The smallest absolute Gasteiger partial charge is 0.135 e. The van der Waals surface area contributed by atoms with Crippen LogP contribution in [0.2, 0.25) is 0 Å². The third kappa shape index (κ3) is 2.59. The molecule has 104 valence electrons. The predicted octanol–water partition coefficient (Wildman–Crippen LogP) is 2.28. The molecule has 2 aliphatic rings. The van der Waals surface area contributed by atoms with E-state index in [4.69, 9.17) is 9.72 Å². The summed E-state index contributed by atoms with van der Waals surface area (Å²) in [5.41, 5.74) is 2.67. The van der Waals surface area contributed by atoms with Crippen LogP contribution in [0.5, 0.6) is 0 Å². The highest BCUT2D eigenvalue weighted by molar-refractivity contribution is 5.51. The largest absolute Gasteiger partial charge is 0.372 e. The molecule has 19 heavy (non-hydrogen) atoms. The van der Waals surface area contributed by atoms with Crippen LogP contribution in [-0.2, 0) is 17.6 Å². The molecule has 4 nitrogen and oxygen atoms in total. The van der Waals surface area contributed by atoms with Crippen LogP contribution in [0.15, 0.2) is 0 Å². The van der Waals surface area contributed by atoms with Crippen molar-refractivity contribution < 1.29 is 4.74 Å². The molecule has 0 unspecified atom stereocenters. The van der Waals surface area contributed by atoms with E-state index in [-0.39, 0.29) is 12.2 Å². The molecular formula is C15H23N3O. The minimum absolute atomic E-state index is 0.276. The van der Waals surface area contributed by atoms with E-state index < -0.39 is 0 Å². The Labute approximate surface area is 115 Å². The molecule has 0 N–H and O–H groups in total. The Morgan fingerprint density at radius 2 is 1.74 bits per heavy atom. The minimum Gasteiger partial charge on any atom is -0.372 e. The number of hydrogen-bond donors (Lipinski definition) is 0. The van der Waals surface area contributed by atoms with Gasteiger partial charge in [0.1, 0.15) is 11.6 Å². The molecule has 1 aliphatic heterocycles. The van der Waals surface area contributed by atoms with E-state index in [0.717, 1.165) is 31.8 Å². The van der Waals surface area contributed by atoms with Gasteiger partial charge in [-0.15, -0.1) is 0 Å². The molecule has 1 saturated heterocycles. The number of aromatic nitrogens is 2. The molecular weight excluding hydrogens is 238 g/mol. The van der Waals surface area contributed by atoms with Gasteiger partial charge in [0.25, 0.3) is 0 Å². The Bertz CT molecular complexity index is 465. The number of morpholine rings is 1. The predicted molar refractivity (Wildman–Crippen MR) is 75.6 cm³/mol. The van der Waals surface area contributed by atoms with E-state index in [1.54, 1.807) is 0 Å². The summed E-state index contributed by atoms with van der Waals surface area (Å²) in [6.07, 6.45) is 5.32. The summed E-state index contributed by atoms with van der Waals surface area (Å²) in [6.45, 7) is 8.17. The first-order valence-corrected chi connectivity index (χ1v) is 7.40. The summed E-state index contributed by atoms with van der Waals surface area (Å²) in [5.74, 6) is 2.08. The normalized spacial score (nSPS) is 27.2. The Morgan fingerprint density at radius 3 is 2.47 bits per heavy atom. The Kier molecular flexibility index (Phi) is 3.44. The highest BCUT2D eigenvalue weighted by atomic mass is 16.5. The number of fused-ring (bicyclic) bond motifs is 1. The van der Waals surface area contributed by atoms with Crippen molar-refractivity contribution in [2.75, 3.05) is 18.0 Å². The molecule has 0 bridgehead atoms. The summed E-state index contributed by atoms with van der Waals surface area (Å²) in [5, 5.41) is 0. The van der Waals surface area contributed by atoms with Gasteiger partial charge in [-0.05, 0) is 46.5 Å². The maximum Gasteiger partial charge on any atom is 0.135 e. The minimum atomic E-state index is 0.276. The SMILES string of the molecule is Cc1nc2c(c(N3C[C@@H](C)O[C@@H](C)C3)n1)CCCC2. The van der Waals surface area contributed by atoms with Gasteiger partial charge in [0.2, 0.25) is 0 Å². The van der Waals surface area contributed by atoms with Gasteiger partial charge in [0.15, 0.2) is 0 Å². The first kappa shape index (κ1) is 12.9. The van der Waals surface area contributed by atoms with Crippen molar-refractivity contribution in [3.63, 3.8) is 0 Å². The molecule has 0 amide bonds. The summed E-state index contributed by atoms with van der Waals surface area (Å²) < 4.78 is 5.83. The van der Waals surface area contributed by atoms with Crippen molar-refractivity contribution in [1.82, 2.24) is 9.97 Å². The van der Waals surface area contributed by atoms with Gasteiger partial charge < -0.3 is 9.64 Å². The van der Waals surface area contributed by atoms with Crippen LogP contribution < -0.4 is 4.90 Å². The average Bonchev–Trinajstić information content (AvgIpc) is 2.36. The maximum absolute atomic E-state index is 5.83. The van der Waals surface area contributed by atoms with Gasteiger partial charge in [-0.1, -0.05) is 0 Å². The highest BCUT2D eigenvalue weighted by Gasteiger charge is 2.27. The van der Waals surface area contributed by atoms with Crippen LogP contribution >= 0.6 is 0 Å². The summed E-state index contributed by atoms with van der Waals surface area (Å²) in [6, 6.07) is 0. The Morgan fingerprint density at radius 1 is 1.05 bits per heavy atom. The lowest BCUT2D eigenvalue weighted by atomic mass is 9.95. The fourth-order valence-corrected chi connectivity index (χ4v) is 3.31. The molecule has 2 atom stereocenters. The van der Waals surface area contributed by atoms with Crippen LogP contribution in [0.25, 0.3) is 0 Å². The van der Waals surface area contributed by atoms with E-state index in [0.29, 0.717) is 0 Å². The summed E-state index contributed by atoms with van der Waals surface area (Å²) in [7, 11) is 0. The number of anilines is 1. The lowest BCUT2D eigenvalue weighted by Crippen LogP contribution is -2.46. The maximum atomic E-state index is 5.83. The van der Waals surface area contributed by atoms with Crippen molar-refractivity contribution in [3.8, 4) is 0 Å². The number of rotatable bonds is 1. The van der Waals surface area contributed by atoms with Crippen LogP contribution in [0.3, 0.4) is 0 Å². The zero-order valence-corrected chi connectivity index (χ0v) is 12.1. The Hall–Kier alpha value is -1.16. The van der Waals surface area contributed by atoms with Crippen LogP contribution in [-0.4, -0.2) is 35.3 Å². The zero-order valence-electron chi connectivity index (χ0n) is 12.1. The summed E-state index contributed by atoms with van der Waals surface area (Å²) >= 11 is 0. The highest BCUT2D eigenvalue weighted by Crippen LogP contribution is 2.29. The van der Waals surface area contributed by atoms with Gasteiger partial charge in [-0.2, -0.15) is 0 Å². The first-order chi connectivity index (χ1) is 9.13.